The van der Waals surface area contributed by atoms with Gasteiger partial charge in [-0.1, -0.05) is 12.1 Å². The molecule has 4 rings (SSSR count). The van der Waals surface area contributed by atoms with E-state index in [2.05, 4.69) is 9.97 Å². The number of aromatic hydroxyl groups is 1. The fourth-order valence-electron chi connectivity index (χ4n) is 2.54. The summed E-state index contributed by atoms with van der Waals surface area (Å²) in [6.45, 7) is 0. The molecule has 5 nitrogen and oxygen atoms in total. The van der Waals surface area contributed by atoms with Gasteiger partial charge in [0.15, 0.2) is 0 Å². The third kappa shape index (κ3) is 2.17. The molecule has 3 heterocycles. The average molecular weight is 357 g/mol. The van der Waals surface area contributed by atoms with Crippen molar-refractivity contribution in [3.63, 3.8) is 0 Å². The molecule has 1 aromatic carbocycles. The zero-order valence-electron chi connectivity index (χ0n) is 11.5. The van der Waals surface area contributed by atoms with Crippen LogP contribution in [0.1, 0.15) is 0 Å². The van der Waals surface area contributed by atoms with Crippen molar-refractivity contribution in [3.8, 4) is 11.7 Å². The number of nitrogen functional groups attached to an aromatic ring is 1. The van der Waals surface area contributed by atoms with Gasteiger partial charge in [-0.3, -0.25) is 4.57 Å². The lowest BCUT2D eigenvalue weighted by atomic mass is 10.1. The summed E-state index contributed by atoms with van der Waals surface area (Å²) in [5.41, 5.74) is 7.64. The molecular weight excluding hydrogens is 344 g/mol. The second-order valence-electron chi connectivity index (χ2n) is 4.90. The largest absolute Gasteiger partial charge is 0.493 e. The number of rotatable bonds is 1. The van der Waals surface area contributed by atoms with E-state index in [1.165, 1.54) is 0 Å². The van der Waals surface area contributed by atoms with Gasteiger partial charge in [0.25, 0.3) is 0 Å². The lowest BCUT2D eigenvalue weighted by Crippen LogP contribution is -1.97. The van der Waals surface area contributed by atoms with Crippen LogP contribution in [0.3, 0.4) is 0 Å². The summed E-state index contributed by atoms with van der Waals surface area (Å²) in [4.78, 5) is 8.41. The Balaban J connectivity index is 0.00000144. The quantitative estimate of drug-likeness (QED) is 0.512. The Morgan fingerprint density at radius 2 is 1.86 bits per heavy atom. The maximum Gasteiger partial charge on any atom is 0.211 e. The first kappa shape index (κ1) is 14.3. The maximum absolute atomic E-state index is 9.44. The topological polar surface area (TPSA) is 77.0 Å². The van der Waals surface area contributed by atoms with Crippen LogP contribution in [-0.4, -0.2) is 19.6 Å². The number of hydrogen-bond donors (Lipinski definition) is 2. The minimum absolute atomic E-state index is 0. The maximum atomic E-state index is 9.44. The standard InChI is InChI=1S/C16H12N4O.BrH/c17-13-3-1-2-11-8-18-15(7-12(11)13)20-5-4-10-6-16(21)19-9-14(10)20;/h1-9H,17H2,(H,19,21);1H. The predicted octanol–water partition coefficient (Wildman–Crippen LogP) is 3.44. The highest BCUT2D eigenvalue weighted by atomic mass is 79.9. The molecule has 0 aliphatic heterocycles. The zero-order valence-corrected chi connectivity index (χ0v) is 13.2. The molecule has 22 heavy (non-hydrogen) atoms. The van der Waals surface area contributed by atoms with E-state index in [0.717, 1.165) is 33.2 Å². The Morgan fingerprint density at radius 1 is 1.00 bits per heavy atom. The normalized spacial score (nSPS) is 10.7. The van der Waals surface area contributed by atoms with Crippen LogP contribution in [0.25, 0.3) is 27.5 Å². The van der Waals surface area contributed by atoms with Crippen molar-refractivity contribution in [2.75, 3.05) is 5.73 Å². The van der Waals surface area contributed by atoms with E-state index in [-0.39, 0.29) is 22.9 Å². The number of benzene rings is 1. The third-order valence-electron chi connectivity index (χ3n) is 3.59. The van der Waals surface area contributed by atoms with Crippen molar-refractivity contribution in [2.24, 2.45) is 0 Å². The number of halogens is 1. The molecule has 0 aliphatic rings. The van der Waals surface area contributed by atoms with Crippen molar-refractivity contribution in [3.05, 3.63) is 55.0 Å². The fraction of sp³-hybridized carbons (Fsp3) is 0. The third-order valence-corrected chi connectivity index (χ3v) is 3.59. The highest BCUT2D eigenvalue weighted by molar-refractivity contribution is 8.93. The van der Waals surface area contributed by atoms with E-state index in [4.69, 9.17) is 5.73 Å². The zero-order chi connectivity index (χ0) is 14.4. The summed E-state index contributed by atoms with van der Waals surface area (Å²) in [5.74, 6) is 0.777. The van der Waals surface area contributed by atoms with E-state index in [1.54, 1.807) is 18.5 Å². The summed E-state index contributed by atoms with van der Waals surface area (Å²) in [6, 6.07) is 11.3. The lowest BCUT2D eigenvalue weighted by molar-refractivity contribution is 0.454. The van der Waals surface area contributed by atoms with Gasteiger partial charge in [0.05, 0.1) is 11.7 Å². The van der Waals surface area contributed by atoms with Gasteiger partial charge >= 0.3 is 0 Å². The van der Waals surface area contributed by atoms with Crippen LogP contribution in [-0.2, 0) is 0 Å². The smallest absolute Gasteiger partial charge is 0.211 e. The van der Waals surface area contributed by atoms with E-state index in [0.29, 0.717) is 0 Å². The van der Waals surface area contributed by atoms with E-state index < -0.39 is 0 Å². The molecule has 0 atom stereocenters. The Bertz CT molecular complexity index is 980. The van der Waals surface area contributed by atoms with Crippen LogP contribution in [0.2, 0.25) is 0 Å². The second-order valence-corrected chi connectivity index (χ2v) is 4.90. The molecule has 3 aromatic heterocycles. The summed E-state index contributed by atoms with van der Waals surface area (Å²) in [6.07, 6.45) is 5.34. The summed E-state index contributed by atoms with van der Waals surface area (Å²) < 4.78 is 1.92. The molecule has 4 aromatic rings. The van der Waals surface area contributed by atoms with E-state index in [1.807, 2.05) is 41.1 Å². The minimum atomic E-state index is 0. The van der Waals surface area contributed by atoms with Gasteiger partial charge in [-0.05, 0) is 18.2 Å². The van der Waals surface area contributed by atoms with Crippen LogP contribution in [0.15, 0.2) is 55.0 Å². The molecule has 0 unspecified atom stereocenters. The predicted molar refractivity (Wildman–Crippen MR) is 92.8 cm³/mol. The van der Waals surface area contributed by atoms with Gasteiger partial charge in [-0.25, -0.2) is 9.97 Å². The molecule has 0 saturated heterocycles. The van der Waals surface area contributed by atoms with Crippen LogP contribution in [0.5, 0.6) is 5.88 Å². The summed E-state index contributed by atoms with van der Waals surface area (Å²) in [7, 11) is 0. The SMILES string of the molecule is Br.Nc1cccc2cnc(-n3ccc4cc(O)ncc43)cc12. The molecule has 110 valence electrons. The first-order valence-electron chi connectivity index (χ1n) is 6.53. The van der Waals surface area contributed by atoms with Gasteiger partial charge < -0.3 is 10.8 Å². The monoisotopic (exact) mass is 356 g/mol. The van der Waals surface area contributed by atoms with E-state index >= 15 is 0 Å². The molecule has 0 fully saturated rings. The molecular formula is C16H13BrN4O. The number of hydrogen-bond acceptors (Lipinski definition) is 4. The first-order chi connectivity index (χ1) is 10.2. The van der Waals surface area contributed by atoms with Crippen molar-refractivity contribution >= 4 is 44.3 Å². The second kappa shape index (κ2) is 5.31. The van der Waals surface area contributed by atoms with E-state index in [9.17, 15) is 5.11 Å². The van der Waals surface area contributed by atoms with Gasteiger partial charge in [0.1, 0.15) is 5.82 Å². The van der Waals surface area contributed by atoms with Gasteiger partial charge in [0, 0.05) is 40.3 Å². The minimum Gasteiger partial charge on any atom is -0.493 e. The average Bonchev–Trinajstić information content (AvgIpc) is 2.90. The van der Waals surface area contributed by atoms with Gasteiger partial charge in [-0.2, -0.15) is 0 Å². The Kier molecular flexibility index (Phi) is 3.46. The van der Waals surface area contributed by atoms with Crippen LogP contribution < -0.4 is 5.73 Å². The molecule has 0 saturated carbocycles. The Labute approximate surface area is 136 Å². The van der Waals surface area contributed by atoms with Crippen molar-refractivity contribution in [2.45, 2.75) is 0 Å². The number of nitrogens with zero attached hydrogens (tertiary/aromatic N) is 3. The number of aromatic nitrogens is 3. The first-order valence-corrected chi connectivity index (χ1v) is 6.53. The molecule has 3 N–H and O–H groups in total. The Morgan fingerprint density at radius 3 is 2.73 bits per heavy atom. The van der Waals surface area contributed by atoms with Crippen molar-refractivity contribution < 1.29 is 5.11 Å². The number of nitrogens with two attached hydrogens (primary N) is 1. The van der Waals surface area contributed by atoms with Gasteiger partial charge in [0.2, 0.25) is 5.88 Å². The molecule has 0 spiro atoms. The highest BCUT2D eigenvalue weighted by Crippen LogP contribution is 2.25. The van der Waals surface area contributed by atoms with Gasteiger partial charge in [-0.15, -0.1) is 17.0 Å². The van der Waals surface area contributed by atoms with Crippen LogP contribution in [0, 0.1) is 0 Å². The van der Waals surface area contributed by atoms with Crippen LogP contribution in [0.4, 0.5) is 5.69 Å². The molecule has 6 heteroatoms. The van der Waals surface area contributed by atoms with Crippen LogP contribution >= 0.6 is 17.0 Å². The van der Waals surface area contributed by atoms with Crippen molar-refractivity contribution in [1.82, 2.24) is 14.5 Å². The Hall–Kier alpha value is -2.60. The number of anilines is 1. The highest BCUT2D eigenvalue weighted by Gasteiger charge is 2.07. The number of pyridine rings is 2. The summed E-state index contributed by atoms with van der Waals surface area (Å²) >= 11 is 0. The molecule has 0 radical (unpaired) electrons. The summed E-state index contributed by atoms with van der Waals surface area (Å²) in [5, 5.41) is 12.3. The lowest BCUT2D eigenvalue weighted by Gasteiger charge is -2.07. The fourth-order valence-corrected chi connectivity index (χ4v) is 2.54. The van der Waals surface area contributed by atoms with Crippen molar-refractivity contribution in [1.29, 1.82) is 0 Å². The molecule has 0 amide bonds. The molecule has 0 bridgehead atoms. The molecule has 0 aliphatic carbocycles. The number of fused-ring (bicyclic) bond motifs is 2.